The topological polar surface area (TPSA) is 20.2 Å². The third-order valence-electron chi connectivity index (χ3n) is 8.86. The third-order valence-corrected chi connectivity index (χ3v) is 10.6. The van der Waals surface area contributed by atoms with Crippen molar-refractivity contribution in [3.8, 4) is 0 Å². The quantitative estimate of drug-likeness (QED) is 0.425. The van der Waals surface area contributed by atoms with Gasteiger partial charge in [-0.25, -0.2) is 4.39 Å². The number of rotatable bonds is 1. The second-order valence-corrected chi connectivity index (χ2v) is 12.1. The van der Waals surface area contributed by atoms with Crippen molar-refractivity contribution in [2.45, 2.75) is 80.7 Å². The fourth-order valence-corrected chi connectivity index (χ4v) is 8.28. The molecule has 1 unspecified atom stereocenters. The molecule has 4 saturated carbocycles. The minimum Gasteiger partial charge on any atom is -0.387 e. The average molecular weight is 434 g/mol. The van der Waals surface area contributed by atoms with Gasteiger partial charge in [-0.1, -0.05) is 36.4 Å². The first-order chi connectivity index (χ1) is 10.8. The van der Waals surface area contributed by atoms with Crippen LogP contribution in [0.4, 0.5) is 4.39 Å². The standard InChI is InChI=1S/C20H32FIO/c1-18-8-5-15-14-6-10-20(23,12-21)11-13(14)3-4-16(15)17(18)7-9-19(18,2)22/h13-17,23H,3-12H2,1-2H3/t13-,14+,15-,16-,17+,18+,19?,20-/m1/s1. The summed E-state index contributed by atoms with van der Waals surface area (Å²) >= 11 is 2.75. The Kier molecular flexibility index (Phi) is 4.12. The smallest absolute Gasteiger partial charge is 0.118 e. The molecule has 4 aliphatic carbocycles. The van der Waals surface area contributed by atoms with Crippen LogP contribution in [0.2, 0.25) is 0 Å². The summed E-state index contributed by atoms with van der Waals surface area (Å²) in [5.41, 5.74) is -0.471. The highest BCUT2D eigenvalue weighted by Gasteiger charge is 2.60. The fourth-order valence-electron chi connectivity index (χ4n) is 7.30. The molecule has 0 bridgehead atoms. The molecular weight excluding hydrogens is 402 g/mol. The van der Waals surface area contributed by atoms with E-state index in [1.165, 1.54) is 38.5 Å². The van der Waals surface area contributed by atoms with Gasteiger partial charge in [-0.05, 0) is 92.8 Å². The van der Waals surface area contributed by atoms with Gasteiger partial charge in [0.1, 0.15) is 6.67 Å². The van der Waals surface area contributed by atoms with Gasteiger partial charge in [0.25, 0.3) is 0 Å². The predicted octanol–water partition coefficient (Wildman–Crippen LogP) is 5.53. The molecule has 0 aromatic rings. The molecule has 0 amide bonds. The molecule has 0 aromatic heterocycles. The fraction of sp³-hybridized carbons (Fsp3) is 1.00. The van der Waals surface area contributed by atoms with Crippen LogP contribution in [-0.2, 0) is 0 Å². The second-order valence-electron chi connectivity index (χ2n) is 9.73. The lowest BCUT2D eigenvalue weighted by atomic mass is 9.49. The van der Waals surface area contributed by atoms with Gasteiger partial charge in [-0.15, -0.1) is 0 Å². The number of fused-ring (bicyclic) bond motifs is 5. The Balaban J connectivity index is 1.55. The maximum Gasteiger partial charge on any atom is 0.118 e. The van der Waals surface area contributed by atoms with Crippen LogP contribution >= 0.6 is 22.6 Å². The molecule has 0 aliphatic heterocycles. The van der Waals surface area contributed by atoms with E-state index in [0.29, 0.717) is 21.2 Å². The Hall–Kier alpha value is 0.620. The maximum absolute atomic E-state index is 13.2. The number of aliphatic hydroxyl groups is 1. The van der Waals surface area contributed by atoms with E-state index < -0.39 is 12.3 Å². The van der Waals surface area contributed by atoms with Crippen LogP contribution in [0.15, 0.2) is 0 Å². The summed E-state index contributed by atoms with van der Waals surface area (Å²) in [6, 6.07) is 0. The van der Waals surface area contributed by atoms with Crippen LogP contribution < -0.4 is 0 Å². The Bertz CT molecular complexity index is 480. The minimum absolute atomic E-state index is 0.471. The van der Waals surface area contributed by atoms with E-state index in [0.717, 1.165) is 36.5 Å². The summed E-state index contributed by atoms with van der Waals surface area (Å²) in [6.45, 7) is 4.52. The minimum atomic E-state index is -0.995. The van der Waals surface area contributed by atoms with Crippen molar-refractivity contribution in [3.05, 3.63) is 0 Å². The van der Waals surface area contributed by atoms with Gasteiger partial charge in [0.2, 0.25) is 0 Å². The zero-order valence-corrected chi connectivity index (χ0v) is 16.8. The first-order valence-corrected chi connectivity index (χ1v) is 10.8. The molecule has 4 fully saturated rings. The maximum atomic E-state index is 13.2. The van der Waals surface area contributed by atoms with Crippen molar-refractivity contribution in [2.75, 3.05) is 6.67 Å². The lowest BCUT2D eigenvalue weighted by Gasteiger charge is -2.58. The number of alkyl halides is 2. The van der Waals surface area contributed by atoms with E-state index in [9.17, 15) is 9.50 Å². The molecule has 8 atom stereocenters. The first kappa shape index (κ1) is 17.1. The van der Waals surface area contributed by atoms with Crippen molar-refractivity contribution >= 4 is 22.6 Å². The molecule has 1 N–H and O–H groups in total. The van der Waals surface area contributed by atoms with E-state index >= 15 is 0 Å². The van der Waals surface area contributed by atoms with Crippen LogP contribution in [-0.4, -0.2) is 20.8 Å². The van der Waals surface area contributed by atoms with Crippen LogP contribution in [0.1, 0.15) is 71.6 Å². The normalized spacial score (nSPS) is 59.1. The van der Waals surface area contributed by atoms with Gasteiger partial charge in [0, 0.05) is 3.42 Å². The van der Waals surface area contributed by atoms with Crippen LogP contribution in [0.5, 0.6) is 0 Å². The van der Waals surface area contributed by atoms with Crippen LogP contribution in [0.3, 0.4) is 0 Å². The molecule has 23 heavy (non-hydrogen) atoms. The SMILES string of the molecule is CC1(I)CC[C@H]2[C@@H]3CC[C@@H]4C[C@@](O)(CF)CC[C@@H]4[C@H]3CC[C@@]21C. The monoisotopic (exact) mass is 434 g/mol. The molecule has 3 heteroatoms. The Morgan fingerprint density at radius 3 is 2.43 bits per heavy atom. The summed E-state index contributed by atoms with van der Waals surface area (Å²) in [7, 11) is 0. The molecule has 132 valence electrons. The highest BCUT2D eigenvalue weighted by Crippen LogP contribution is 2.67. The number of hydrogen-bond donors (Lipinski definition) is 1. The van der Waals surface area contributed by atoms with Crippen molar-refractivity contribution < 1.29 is 9.50 Å². The Labute approximate surface area is 154 Å². The summed E-state index contributed by atoms with van der Waals surface area (Å²) in [4.78, 5) is 0. The lowest BCUT2D eigenvalue weighted by Crippen LogP contribution is -2.53. The average Bonchev–Trinajstić information content (AvgIpc) is 2.77. The largest absolute Gasteiger partial charge is 0.387 e. The van der Waals surface area contributed by atoms with Crippen molar-refractivity contribution in [1.29, 1.82) is 0 Å². The predicted molar refractivity (Wildman–Crippen MR) is 100 cm³/mol. The van der Waals surface area contributed by atoms with Gasteiger partial charge in [0.05, 0.1) is 5.60 Å². The molecule has 0 aromatic carbocycles. The number of halogens is 2. The summed E-state index contributed by atoms with van der Waals surface area (Å²) in [5.74, 6) is 4.03. The van der Waals surface area contributed by atoms with Crippen molar-refractivity contribution in [1.82, 2.24) is 0 Å². The highest BCUT2D eigenvalue weighted by molar-refractivity contribution is 14.1. The molecule has 0 spiro atoms. The Morgan fingerprint density at radius 1 is 0.957 bits per heavy atom. The summed E-state index contributed by atoms with van der Waals surface area (Å²) in [5, 5.41) is 10.4. The number of hydrogen-bond acceptors (Lipinski definition) is 1. The summed E-state index contributed by atoms with van der Waals surface area (Å²) < 4.78 is 13.7. The van der Waals surface area contributed by atoms with E-state index in [1.807, 2.05) is 0 Å². The van der Waals surface area contributed by atoms with Crippen LogP contribution in [0, 0.1) is 35.0 Å². The first-order valence-electron chi connectivity index (χ1n) is 9.77. The lowest BCUT2D eigenvalue weighted by molar-refractivity contribution is -0.108. The molecule has 4 aliphatic rings. The molecule has 4 rings (SSSR count). The Morgan fingerprint density at radius 2 is 1.70 bits per heavy atom. The van der Waals surface area contributed by atoms with Gasteiger partial charge in [0.15, 0.2) is 0 Å². The second kappa shape index (κ2) is 5.56. The third kappa shape index (κ3) is 2.45. The van der Waals surface area contributed by atoms with Crippen LogP contribution in [0.25, 0.3) is 0 Å². The van der Waals surface area contributed by atoms with Gasteiger partial charge >= 0.3 is 0 Å². The van der Waals surface area contributed by atoms with Crippen molar-refractivity contribution in [2.24, 2.45) is 35.0 Å². The van der Waals surface area contributed by atoms with Gasteiger partial charge in [-0.2, -0.15) is 0 Å². The van der Waals surface area contributed by atoms with Crippen molar-refractivity contribution in [3.63, 3.8) is 0 Å². The summed E-state index contributed by atoms with van der Waals surface area (Å²) in [6.07, 6.45) is 10.6. The van der Waals surface area contributed by atoms with E-state index in [1.54, 1.807) is 0 Å². The van der Waals surface area contributed by atoms with E-state index in [4.69, 9.17) is 0 Å². The highest BCUT2D eigenvalue weighted by atomic mass is 127. The molecular formula is C20H32FIO. The van der Waals surface area contributed by atoms with Gasteiger partial charge < -0.3 is 5.11 Å². The zero-order valence-electron chi connectivity index (χ0n) is 14.7. The molecule has 0 heterocycles. The molecule has 1 nitrogen and oxygen atoms in total. The molecule has 0 radical (unpaired) electrons. The van der Waals surface area contributed by atoms with E-state index in [2.05, 4.69) is 36.4 Å². The molecule has 0 saturated heterocycles. The van der Waals surface area contributed by atoms with E-state index in [-0.39, 0.29) is 0 Å². The zero-order chi connectivity index (χ0) is 16.5. The van der Waals surface area contributed by atoms with Gasteiger partial charge in [-0.3, -0.25) is 0 Å².